The van der Waals surface area contributed by atoms with Crippen LogP contribution in [0.2, 0.25) is 0 Å². The zero-order valence-electron chi connectivity index (χ0n) is 7.71. The molecular weight excluding hydrogens is 152 g/mol. The minimum atomic E-state index is 0.557. The standard InChI is InChI=1S/C8H18N4/c1-2-3-7-12-10-9-8-5-4-6-11(8)12/h8-10H,2-7H2,1H3. The number of hydrogen-bond acceptors (Lipinski definition) is 4. The van der Waals surface area contributed by atoms with Crippen LogP contribution < -0.4 is 11.0 Å². The second-order valence-corrected chi connectivity index (χ2v) is 3.55. The smallest absolute Gasteiger partial charge is 0.0890 e. The van der Waals surface area contributed by atoms with Crippen molar-refractivity contribution in [1.29, 1.82) is 0 Å². The van der Waals surface area contributed by atoms with E-state index in [1.165, 1.54) is 32.2 Å². The third-order valence-electron chi connectivity index (χ3n) is 2.62. The number of nitrogens with zero attached hydrogens (tertiary/aromatic N) is 2. The number of fused-ring (bicyclic) bond motifs is 1. The number of rotatable bonds is 3. The largest absolute Gasteiger partial charge is 0.224 e. The van der Waals surface area contributed by atoms with Gasteiger partial charge < -0.3 is 0 Å². The Morgan fingerprint density at radius 2 is 2.42 bits per heavy atom. The first kappa shape index (κ1) is 8.44. The summed E-state index contributed by atoms with van der Waals surface area (Å²) in [5.41, 5.74) is 6.48. The van der Waals surface area contributed by atoms with Gasteiger partial charge in [0.15, 0.2) is 0 Å². The van der Waals surface area contributed by atoms with Gasteiger partial charge in [0.1, 0.15) is 0 Å². The maximum Gasteiger partial charge on any atom is 0.0890 e. The normalized spacial score (nSPS) is 31.2. The van der Waals surface area contributed by atoms with Gasteiger partial charge in [0.25, 0.3) is 0 Å². The monoisotopic (exact) mass is 170 g/mol. The number of hydrogen-bond donors (Lipinski definition) is 2. The van der Waals surface area contributed by atoms with E-state index >= 15 is 0 Å². The lowest BCUT2D eigenvalue weighted by molar-refractivity contribution is -0.0149. The van der Waals surface area contributed by atoms with Gasteiger partial charge in [-0.15, -0.1) is 0 Å². The molecule has 70 valence electrons. The SMILES string of the molecule is CCCCN1NNC2CCCN21. The molecule has 0 bridgehead atoms. The Bertz CT molecular complexity index is 150. The molecule has 4 heteroatoms. The molecule has 0 spiro atoms. The van der Waals surface area contributed by atoms with E-state index in [9.17, 15) is 0 Å². The van der Waals surface area contributed by atoms with E-state index in [1.54, 1.807) is 0 Å². The van der Waals surface area contributed by atoms with Crippen LogP contribution in [0.5, 0.6) is 0 Å². The van der Waals surface area contributed by atoms with E-state index in [0.717, 1.165) is 6.54 Å². The molecule has 2 aliphatic heterocycles. The summed E-state index contributed by atoms with van der Waals surface area (Å²) in [5, 5.41) is 4.62. The van der Waals surface area contributed by atoms with Crippen molar-refractivity contribution < 1.29 is 0 Å². The van der Waals surface area contributed by atoms with Gasteiger partial charge in [-0.1, -0.05) is 13.3 Å². The summed E-state index contributed by atoms with van der Waals surface area (Å²) in [7, 11) is 0. The minimum absolute atomic E-state index is 0.557. The third kappa shape index (κ3) is 1.47. The first-order valence-corrected chi connectivity index (χ1v) is 4.97. The number of unbranched alkanes of at least 4 members (excludes halogenated alkanes) is 1. The highest BCUT2D eigenvalue weighted by molar-refractivity contribution is 4.77. The summed E-state index contributed by atoms with van der Waals surface area (Å²) in [4.78, 5) is 0. The fourth-order valence-electron chi connectivity index (χ4n) is 1.89. The third-order valence-corrected chi connectivity index (χ3v) is 2.62. The topological polar surface area (TPSA) is 30.5 Å². The molecule has 0 saturated carbocycles. The lowest BCUT2D eigenvalue weighted by atomic mass is 10.3. The second-order valence-electron chi connectivity index (χ2n) is 3.55. The van der Waals surface area contributed by atoms with E-state index in [0.29, 0.717) is 6.17 Å². The Morgan fingerprint density at radius 3 is 3.25 bits per heavy atom. The molecule has 2 N–H and O–H groups in total. The van der Waals surface area contributed by atoms with Gasteiger partial charge in [0, 0.05) is 13.1 Å². The Kier molecular flexibility index (Phi) is 2.60. The highest BCUT2D eigenvalue weighted by Crippen LogP contribution is 2.19. The lowest BCUT2D eigenvalue weighted by Gasteiger charge is -2.24. The van der Waals surface area contributed by atoms with E-state index in [1.807, 2.05) is 0 Å². The zero-order chi connectivity index (χ0) is 8.39. The fourth-order valence-corrected chi connectivity index (χ4v) is 1.89. The molecule has 4 nitrogen and oxygen atoms in total. The van der Waals surface area contributed by atoms with Crippen LogP contribution in [0.15, 0.2) is 0 Å². The van der Waals surface area contributed by atoms with Gasteiger partial charge >= 0.3 is 0 Å². The van der Waals surface area contributed by atoms with Crippen LogP contribution in [0.25, 0.3) is 0 Å². The van der Waals surface area contributed by atoms with Crippen LogP contribution in [-0.2, 0) is 0 Å². The summed E-state index contributed by atoms with van der Waals surface area (Å²) in [6, 6.07) is 0. The van der Waals surface area contributed by atoms with E-state index in [4.69, 9.17) is 0 Å². The van der Waals surface area contributed by atoms with Crippen LogP contribution in [0.3, 0.4) is 0 Å². The molecule has 2 rings (SSSR count). The first-order chi connectivity index (χ1) is 5.92. The summed E-state index contributed by atoms with van der Waals surface area (Å²) in [6.45, 7) is 4.55. The second kappa shape index (κ2) is 3.70. The van der Waals surface area contributed by atoms with Crippen LogP contribution in [0.4, 0.5) is 0 Å². The van der Waals surface area contributed by atoms with Gasteiger partial charge in [0.2, 0.25) is 0 Å². The predicted octanol–water partition coefficient (Wildman–Crippen LogP) is 0.448. The molecule has 0 aromatic carbocycles. The highest BCUT2D eigenvalue weighted by atomic mass is 16.0. The van der Waals surface area contributed by atoms with Crippen LogP contribution >= 0.6 is 0 Å². The van der Waals surface area contributed by atoms with Crippen molar-refractivity contribution in [3.63, 3.8) is 0 Å². The molecule has 1 atom stereocenters. The molecule has 0 radical (unpaired) electrons. The van der Waals surface area contributed by atoms with Crippen molar-refractivity contribution in [3.8, 4) is 0 Å². The number of hydrazine groups is 3. The van der Waals surface area contributed by atoms with Crippen molar-refractivity contribution in [2.75, 3.05) is 13.1 Å². The van der Waals surface area contributed by atoms with Crippen molar-refractivity contribution in [2.45, 2.75) is 38.8 Å². The molecule has 2 fully saturated rings. The molecule has 0 amide bonds. The van der Waals surface area contributed by atoms with Crippen molar-refractivity contribution >= 4 is 0 Å². The Hall–Kier alpha value is -0.160. The van der Waals surface area contributed by atoms with E-state index < -0.39 is 0 Å². The van der Waals surface area contributed by atoms with Crippen molar-refractivity contribution in [3.05, 3.63) is 0 Å². The molecule has 2 heterocycles. The average molecular weight is 170 g/mol. The maximum atomic E-state index is 3.28. The fraction of sp³-hybridized carbons (Fsp3) is 1.00. The van der Waals surface area contributed by atoms with Gasteiger partial charge in [-0.05, 0) is 19.3 Å². The predicted molar refractivity (Wildman–Crippen MR) is 47.6 cm³/mol. The van der Waals surface area contributed by atoms with Gasteiger partial charge in [-0.25, -0.2) is 10.4 Å². The molecular formula is C8H18N4. The summed E-state index contributed by atoms with van der Waals surface area (Å²) < 4.78 is 0. The van der Waals surface area contributed by atoms with Gasteiger partial charge in [-0.2, -0.15) is 10.7 Å². The Labute approximate surface area is 73.8 Å². The van der Waals surface area contributed by atoms with E-state index in [-0.39, 0.29) is 0 Å². The summed E-state index contributed by atoms with van der Waals surface area (Å²) in [5.74, 6) is 0. The molecule has 1 unspecified atom stereocenters. The highest BCUT2D eigenvalue weighted by Gasteiger charge is 2.34. The summed E-state index contributed by atoms with van der Waals surface area (Å²) >= 11 is 0. The Balaban J connectivity index is 1.83. The van der Waals surface area contributed by atoms with Crippen molar-refractivity contribution in [2.24, 2.45) is 0 Å². The molecule has 0 aliphatic carbocycles. The van der Waals surface area contributed by atoms with Crippen LogP contribution in [-0.4, -0.2) is 29.4 Å². The van der Waals surface area contributed by atoms with Gasteiger partial charge in [0.05, 0.1) is 6.17 Å². The molecule has 0 aromatic rings. The molecule has 2 aliphatic rings. The molecule has 0 aromatic heterocycles. The molecule has 12 heavy (non-hydrogen) atoms. The Morgan fingerprint density at radius 1 is 1.50 bits per heavy atom. The summed E-state index contributed by atoms with van der Waals surface area (Å²) in [6.07, 6.45) is 5.67. The van der Waals surface area contributed by atoms with Crippen LogP contribution in [0.1, 0.15) is 32.6 Å². The first-order valence-electron chi connectivity index (χ1n) is 4.97. The zero-order valence-corrected chi connectivity index (χ0v) is 7.71. The van der Waals surface area contributed by atoms with Crippen LogP contribution in [0, 0.1) is 0 Å². The number of nitrogens with one attached hydrogen (secondary N) is 2. The van der Waals surface area contributed by atoms with Crippen molar-refractivity contribution in [1.82, 2.24) is 21.1 Å². The lowest BCUT2D eigenvalue weighted by Crippen LogP contribution is -2.43. The average Bonchev–Trinajstić information content (AvgIpc) is 2.62. The quantitative estimate of drug-likeness (QED) is 0.644. The molecule has 2 saturated heterocycles. The maximum absolute atomic E-state index is 3.28. The van der Waals surface area contributed by atoms with Gasteiger partial charge in [-0.3, -0.25) is 0 Å². The van der Waals surface area contributed by atoms with E-state index in [2.05, 4.69) is 28.0 Å². The minimum Gasteiger partial charge on any atom is -0.224 e.